The van der Waals surface area contributed by atoms with Crippen molar-refractivity contribution in [2.45, 2.75) is 103 Å². The van der Waals surface area contributed by atoms with E-state index in [4.69, 9.17) is 9.84 Å². The lowest BCUT2D eigenvalue weighted by Gasteiger charge is -2.26. The highest BCUT2D eigenvalue weighted by molar-refractivity contribution is 5.70. The van der Waals surface area contributed by atoms with Gasteiger partial charge in [-0.05, 0) is 43.9 Å². The molecule has 0 aromatic heterocycles. The number of hydrogen-bond donors (Lipinski definition) is 4. The van der Waals surface area contributed by atoms with Crippen molar-refractivity contribution < 1.29 is 34.8 Å². The zero-order valence-electron chi connectivity index (χ0n) is 17.1. The van der Waals surface area contributed by atoms with Crippen molar-refractivity contribution in [1.29, 1.82) is 0 Å². The molecule has 1 fully saturated rings. The highest BCUT2D eigenvalue weighted by Crippen LogP contribution is 2.20. The van der Waals surface area contributed by atoms with Gasteiger partial charge in [-0.3, -0.25) is 9.59 Å². The first kappa shape index (κ1) is 25.8. The number of carbonyl (C=O) groups is 2. The third-order valence-corrected chi connectivity index (χ3v) is 4.33. The fraction of sp³-hybridized carbons (Fsp3) is 0.900. The molecule has 0 aliphatic carbocycles. The van der Waals surface area contributed by atoms with Crippen molar-refractivity contribution in [1.82, 2.24) is 0 Å². The molecule has 1 aliphatic rings. The van der Waals surface area contributed by atoms with Crippen LogP contribution < -0.4 is 0 Å². The summed E-state index contributed by atoms with van der Waals surface area (Å²) >= 11 is 0. The van der Waals surface area contributed by atoms with Crippen molar-refractivity contribution in [2.75, 3.05) is 0 Å². The SMILES string of the molecule is CC(C)CCC(O)C[C@@H](O)CC(=O)O.CC(C)CCC1C[C@@H](O)CC(=O)O1. The molecule has 1 rings (SSSR count). The van der Waals surface area contributed by atoms with Gasteiger partial charge in [0.05, 0.1) is 31.2 Å². The molecule has 0 radical (unpaired) electrons. The summed E-state index contributed by atoms with van der Waals surface area (Å²) in [5.41, 5.74) is 0. The first-order chi connectivity index (χ1) is 12.5. The van der Waals surface area contributed by atoms with E-state index in [1.807, 2.05) is 0 Å². The van der Waals surface area contributed by atoms with Gasteiger partial charge in [-0.1, -0.05) is 27.7 Å². The van der Waals surface area contributed by atoms with Crippen LogP contribution in [0.5, 0.6) is 0 Å². The molecule has 4 N–H and O–H groups in total. The lowest BCUT2D eigenvalue weighted by Crippen LogP contribution is -2.32. The Morgan fingerprint density at radius 3 is 2.15 bits per heavy atom. The minimum atomic E-state index is -1.03. The van der Waals surface area contributed by atoms with Crippen molar-refractivity contribution in [3.8, 4) is 0 Å². The fourth-order valence-electron chi connectivity index (χ4n) is 2.80. The Morgan fingerprint density at radius 1 is 1.07 bits per heavy atom. The summed E-state index contributed by atoms with van der Waals surface area (Å²) in [4.78, 5) is 21.2. The number of hydrogen-bond acceptors (Lipinski definition) is 6. The number of esters is 1. The molecule has 7 nitrogen and oxygen atoms in total. The van der Waals surface area contributed by atoms with Gasteiger partial charge < -0.3 is 25.2 Å². The second-order valence-electron chi connectivity index (χ2n) is 8.29. The van der Waals surface area contributed by atoms with Crippen LogP contribution >= 0.6 is 0 Å². The number of aliphatic carboxylic acids is 1. The predicted octanol–water partition coefficient (Wildman–Crippen LogP) is 2.50. The van der Waals surface area contributed by atoms with Crippen LogP contribution in [0.2, 0.25) is 0 Å². The van der Waals surface area contributed by atoms with Gasteiger partial charge in [0.15, 0.2) is 0 Å². The van der Waals surface area contributed by atoms with Crippen LogP contribution in [0.15, 0.2) is 0 Å². The molecule has 1 aliphatic heterocycles. The maximum atomic E-state index is 10.9. The number of aliphatic hydroxyl groups excluding tert-OH is 3. The van der Waals surface area contributed by atoms with Gasteiger partial charge in [0.1, 0.15) is 6.10 Å². The van der Waals surface area contributed by atoms with Crippen LogP contribution in [-0.2, 0) is 14.3 Å². The van der Waals surface area contributed by atoms with Crippen molar-refractivity contribution in [3.63, 3.8) is 0 Å². The first-order valence-electron chi connectivity index (χ1n) is 9.95. The van der Waals surface area contributed by atoms with Gasteiger partial charge in [-0.25, -0.2) is 0 Å². The summed E-state index contributed by atoms with van der Waals surface area (Å²) in [7, 11) is 0. The summed E-state index contributed by atoms with van der Waals surface area (Å²) in [5.74, 6) is -0.153. The molecule has 2 unspecified atom stereocenters. The second kappa shape index (κ2) is 13.9. The minimum Gasteiger partial charge on any atom is -0.481 e. The Balaban J connectivity index is 0.000000501. The summed E-state index contributed by atoms with van der Waals surface area (Å²) in [6.45, 7) is 8.39. The summed E-state index contributed by atoms with van der Waals surface area (Å²) < 4.78 is 5.11. The summed E-state index contributed by atoms with van der Waals surface area (Å²) in [5, 5.41) is 36.3. The Labute approximate surface area is 162 Å². The van der Waals surface area contributed by atoms with Crippen molar-refractivity contribution in [2.24, 2.45) is 11.8 Å². The van der Waals surface area contributed by atoms with Crippen LogP contribution in [0.3, 0.4) is 0 Å². The molecule has 4 atom stereocenters. The highest BCUT2D eigenvalue weighted by atomic mass is 16.5. The molecule has 0 amide bonds. The minimum absolute atomic E-state index is 0.0568. The smallest absolute Gasteiger partial charge is 0.308 e. The van der Waals surface area contributed by atoms with E-state index in [0.717, 1.165) is 19.3 Å². The summed E-state index contributed by atoms with van der Waals surface area (Å²) in [6, 6.07) is 0. The van der Waals surface area contributed by atoms with Gasteiger partial charge >= 0.3 is 11.9 Å². The Hall–Kier alpha value is -1.18. The van der Waals surface area contributed by atoms with Crippen LogP contribution in [0.1, 0.15) is 79.1 Å². The molecule has 160 valence electrons. The number of ether oxygens (including phenoxy) is 1. The molecule has 1 saturated heterocycles. The van der Waals surface area contributed by atoms with Gasteiger partial charge in [-0.2, -0.15) is 0 Å². The Bertz CT molecular complexity index is 423. The third kappa shape index (κ3) is 15.6. The molecule has 0 spiro atoms. The second-order valence-corrected chi connectivity index (χ2v) is 8.29. The molecule has 7 heteroatoms. The molecule has 0 aromatic rings. The summed E-state index contributed by atoms with van der Waals surface area (Å²) in [6.07, 6.45) is 1.99. The van der Waals surface area contributed by atoms with Gasteiger partial charge in [0, 0.05) is 6.42 Å². The average molecular weight is 391 g/mol. The van der Waals surface area contributed by atoms with E-state index in [0.29, 0.717) is 24.7 Å². The van der Waals surface area contributed by atoms with E-state index in [1.54, 1.807) is 0 Å². The number of carbonyl (C=O) groups excluding carboxylic acids is 1. The van der Waals surface area contributed by atoms with E-state index < -0.39 is 24.3 Å². The quantitative estimate of drug-likeness (QED) is 0.422. The van der Waals surface area contributed by atoms with E-state index in [1.165, 1.54) is 0 Å². The molecule has 27 heavy (non-hydrogen) atoms. The lowest BCUT2D eigenvalue weighted by atomic mass is 9.98. The zero-order chi connectivity index (χ0) is 21.0. The molecular formula is C20H38O7. The van der Waals surface area contributed by atoms with E-state index >= 15 is 0 Å². The molecule has 0 saturated carbocycles. The topological polar surface area (TPSA) is 124 Å². The maximum absolute atomic E-state index is 10.9. The van der Waals surface area contributed by atoms with Gasteiger partial charge in [0.25, 0.3) is 0 Å². The zero-order valence-corrected chi connectivity index (χ0v) is 17.1. The third-order valence-electron chi connectivity index (χ3n) is 4.33. The largest absolute Gasteiger partial charge is 0.481 e. The number of carboxylic acid groups (broad SMARTS) is 1. The van der Waals surface area contributed by atoms with Gasteiger partial charge in [0.2, 0.25) is 0 Å². The molecule has 0 bridgehead atoms. The molecular weight excluding hydrogens is 352 g/mol. The standard InChI is InChI=1S/C10H20O4.C10H18O3/c1-7(2)3-4-8(11)5-9(12)6-10(13)14;1-7(2)3-4-9-5-8(11)6-10(12)13-9/h7-9,11-12H,3-6H2,1-2H3,(H,13,14);7-9,11H,3-6H2,1-2H3/t8?,9-;8-,9?/m11/s1. The molecule has 0 aromatic carbocycles. The first-order valence-corrected chi connectivity index (χ1v) is 9.95. The van der Waals surface area contributed by atoms with Crippen LogP contribution in [0, 0.1) is 11.8 Å². The Morgan fingerprint density at radius 2 is 1.67 bits per heavy atom. The van der Waals surface area contributed by atoms with Crippen LogP contribution in [0.25, 0.3) is 0 Å². The predicted molar refractivity (Wildman–Crippen MR) is 102 cm³/mol. The number of rotatable bonds is 10. The number of carboxylic acids is 1. The van der Waals surface area contributed by atoms with E-state index in [9.17, 15) is 24.9 Å². The van der Waals surface area contributed by atoms with Crippen LogP contribution in [0.4, 0.5) is 0 Å². The van der Waals surface area contributed by atoms with Crippen molar-refractivity contribution in [3.05, 3.63) is 0 Å². The van der Waals surface area contributed by atoms with E-state index in [2.05, 4.69) is 27.7 Å². The van der Waals surface area contributed by atoms with Gasteiger partial charge in [-0.15, -0.1) is 0 Å². The lowest BCUT2D eigenvalue weighted by molar-refractivity contribution is -0.160. The van der Waals surface area contributed by atoms with E-state index in [-0.39, 0.29) is 31.3 Å². The Kier molecular flexibility index (Phi) is 13.3. The fourth-order valence-corrected chi connectivity index (χ4v) is 2.80. The normalized spacial score (nSPS) is 22.0. The number of cyclic esters (lactones) is 1. The van der Waals surface area contributed by atoms with Crippen molar-refractivity contribution >= 4 is 11.9 Å². The average Bonchev–Trinajstić information content (AvgIpc) is 2.50. The number of aliphatic hydroxyl groups is 3. The monoisotopic (exact) mass is 390 g/mol. The van der Waals surface area contributed by atoms with Crippen LogP contribution in [-0.4, -0.2) is 56.8 Å². The molecule has 1 heterocycles. The highest BCUT2D eigenvalue weighted by Gasteiger charge is 2.26. The maximum Gasteiger partial charge on any atom is 0.308 e.